The molecule has 0 radical (unpaired) electrons. The minimum atomic E-state index is 0.346. The second-order valence-electron chi connectivity index (χ2n) is 5.88. The number of halogens is 1. The lowest BCUT2D eigenvalue weighted by atomic mass is 9.87. The number of rotatable bonds is 3. The van der Waals surface area contributed by atoms with Crippen molar-refractivity contribution in [1.29, 1.82) is 0 Å². The minimum Gasteiger partial charge on any atom is -0.495 e. The average Bonchev–Trinajstić information content (AvgIpc) is 2.63. The first kappa shape index (κ1) is 13.5. The second-order valence-corrected chi connectivity index (χ2v) is 6.29. The van der Waals surface area contributed by atoms with E-state index in [1.54, 1.807) is 7.11 Å². The molecule has 0 amide bonds. The van der Waals surface area contributed by atoms with Gasteiger partial charge in [-0.25, -0.2) is 0 Å². The Morgan fingerprint density at radius 1 is 1.39 bits per heavy atom. The Hall–Kier alpha value is -0.890. The molecule has 100 valence electrons. The molecule has 0 bridgehead atoms. The molecule has 1 fully saturated rings. The maximum atomic E-state index is 6.13. The van der Waals surface area contributed by atoms with Gasteiger partial charge in [0, 0.05) is 17.1 Å². The zero-order valence-electron chi connectivity index (χ0n) is 11.6. The lowest BCUT2D eigenvalue weighted by Crippen LogP contribution is -2.30. The van der Waals surface area contributed by atoms with E-state index < -0.39 is 0 Å². The van der Waals surface area contributed by atoms with E-state index in [-0.39, 0.29) is 0 Å². The van der Waals surface area contributed by atoms with E-state index in [1.807, 2.05) is 13.0 Å². The molecule has 1 unspecified atom stereocenters. The third kappa shape index (κ3) is 2.59. The Morgan fingerprint density at radius 3 is 2.67 bits per heavy atom. The molecule has 0 spiro atoms. The molecule has 18 heavy (non-hydrogen) atoms. The lowest BCUT2D eigenvalue weighted by molar-refractivity contribution is 0.348. The summed E-state index contributed by atoms with van der Waals surface area (Å²) >= 11 is 6.13. The minimum absolute atomic E-state index is 0.346. The first-order valence-electron chi connectivity index (χ1n) is 6.55. The van der Waals surface area contributed by atoms with E-state index in [4.69, 9.17) is 16.3 Å². The number of hydrogen-bond acceptors (Lipinski definition) is 2. The molecule has 0 aromatic heterocycles. The number of aryl methyl sites for hydroxylation is 1. The maximum Gasteiger partial charge on any atom is 0.143 e. The molecule has 1 aliphatic rings. The van der Waals surface area contributed by atoms with Crippen molar-refractivity contribution in [3.05, 3.63) is 22.7 Å². The molecule has 1 N–H and O–H groups in total. The Bertz CT molecular complexity index is 442. The zero-order chi connectivity index (χ0) is 13.3. The van der Waals surface area contributed by atoms with Gasteiger partial charge in [0.2, 0.25) is 0 Å². The molecule has 1 saturated carbocycles. The largest absolute Gasteiger partial charge is 0.495 e. The van der Waals surface area contributed by atoms with Crippen molar-refractivity contribution >= 4 is 17.3 Å². The van der Waals surface area contributed by atoms with Crippen LogP contribution in [0.5, 0.6) is 5.75 Å². The smallest absolute Gasteiger partial charge is 0.143 e. The summed E-state index contributed by atoms with van der Waals surface area (Å²) in [6.07, 6.45) is 3.79. The highest BCUT2D eigenvalue weighted by atomic mass is 35.5. The number of benzene rings is 1. The first-order chi connectivity index (χ1) is 8.44. The number of hydrogen-bond donors (Lipinski definition) is 1. The molecule has 0 heterocycles. The van der Waals surface area contributed by atoms with Gasteiger partial charge in [-0.15, -0.1) is 0 Å². The van der Waals surface area contributed by atoms with Crippen molar-refractivity contribution in [2.24, 2.45) is 5.41 Å². The molecule has 0 saturated heterocycles. The van der Waals surface area contributed by atoms with Crippen molar-refractivity contribution < 1.29 is 4.74 Å². The fourth-order valence-electron chi connectivity index (χ4n) is 2.73. The van der Waals surface area contributed by atoms with E-state index in [9.17, 15) is 0 Å². The van der Waals surface area contributed by atoms with Crippen molar-refractivity contribution in [3.63, 3.8) is 0 Å². The molecule has 1 atom stereocenters. The number of nitrogens with one attached hydrogen (secondary N) is 1. The highest BCUT2D eigenvalue weighted by Gasteiger charge is 2.34. The van der Waals surface area contributed by atoms with Crippen molar-refractivity contribution in [2.75, 3.05) is 12.4 Å². The van der Waals surface area contributed by atoms with Crippen molar-refractivity contribution in [3.8, 4) is 5.75 Å². The summed E-state index contributed by atoms with van der Waals surface area (Å²) < 4.78 is 5.41. The molecule has 1 aromatic carbocycles. The van der Waals surface area contributed by atoms with Crippen molar-refractivity contribution in [2.45, 2.75) is 46.1 Å². The van der Waals surface area contributed by atoms with Crippen LogP contribution in [0.2, 0.25) is 5.02 Å². The first-order valence-corrected chi connectivity index (χ1v) is 6.92. The van der Waals surface area contributed by atoms with Gasteiger partial charge in [0.15, 0.2) is 0 Å². The Kier molecular flexibility index (Phi) is 3.76. The lowest BCUT2D eigenvalue weighted by Gasteiger charge is -2.29. The van der Waals surface area contributed by atoms with E-state index in [1.165, 1.54) is 19.3 Å². The molecule has 2 rings (SSSR count). The highest BCUT2D eigenvalue weighted by molar-refractivity contribution is 6.31. The van der Waals surface area contributed by atoms with Crippen LogP contribution in [0.4, 0.5) is 5.69 Å². The van der Waals surface area contributed by atoms with Crippen LogP contribution in [0.3, 0.4) is 0 Å². The quantitative estimate of drug-likeness (QED) is 0.861. The Balaban J connectivity index is 2.26. The van der Waals surface area contributed by atoms with Gasteiger partial charge in [-0.3, -0.25) is 0 Å². The van der Waals surface area contributed by atoms with Gasteiger partial charge in [-0.1, -0.05) is 31.9 Å². The van der Waals surface area contributed by atoms with Gasteiger partial charge < -0.3 is 10.1 Å². The molecule has 3 heteroatoms. The summed E-state index contributed by atoms with van der Waals surface area (Å²) in [5.41, 5.74) is 2.48. The monoisotopic (exact) mass is 267 g/mol. The van der Waals surface area contributed by atoms with Crippen LogP contribution in [-0.2, 0) is 0 Å². The van der Waals surface area contributed by atoms with Gasteiger partial charge in [-0.2, -0.15) is 0 Å². The van der Waals surface area contributed by atoms with Crippen LogP contribution in [0.25, 0.3) is 0 Å². The normalized spacial score (nSPS) is 21.9. The number of anilines is 1. The number of methoxy groups -OCH3 is 1. The third-order valence-corrected chi connectivity index (χ3v) is 4.47. The van der Waals surface area contributed by atoms with Gasteiger partial charge in [0.1, 0.15) is 5.75 Å². The average molecular weight is 268 g/mol. The number of ether oxygens (including phenoxy) is 1. The van der Waals surface area contributed by atoms with E-state index in [0.717, 1.165) is 22.0 Å². The molecule has 2 nitrogen and oxygen atoms in total. The topological polar surface area (TPSA) is 21.3 Å². The molecule has 0 aliphatic heterocycles. The zero-order valence-corrected chi connectivity index (χ0v) is 12.4. The predicted molar refractivity (Wildman–Crippen MR) is 77.8 cm³/mol. The Labute approximate surface area is 115 Å². The Morgan fingerprint density at radius 2 is 2.11 bits per heavy atom. The predicted octanol–water partition coefficient (Wildman–Crippen LogP) is 4.65. The molecule has 1 aliphatic carbocycles. The van der Waals surface area contributed by atoms with E-state index >= 15 is 0 Å². The van der Waals surface area contributed by atoms with E-state index in [2.05, 4.69) is 25.2 Å². The molecular weight excluding hydrogens is 246 g/mol. The summed E-state index contributed by atoms with van der Waals surface area (Å²) in [5.74, 6) is 0.827. The summed E-state index contributed by atoms with van der Waals surface area (Å²) in [7, 11) is 1.69. The maximum absolute atomic E-state index is 6.13. The van der Waals surface area contributed by atoms with Gasteiger partial charge in [0.05, 0.1) is 12.8 Å². The second kappa shape index (κ2) is 5.00. The van der Waals surface area contributed by atoms with Gasteiger partial charge in [0.25, 0.3) is 0 Å². The van der Waals surface area contributed by atoms with Crippen LogP contribution < -0.4 is 10.1 Å². The van der Waals surface area contributed by atoms with Crippen LogP contribution in [0.1, 0.15) is 38.7 Å². The standard InChI is InChI=1S/C15H22ClNO/c1-10-8-12(13(18-4)9-11(10)16)17-14-6-5-7-15(14,2)3/h8-9,14,17H,5-7H2,1-4H3. The summed E-state index contributed by atoms with van der Waals surface area (Å²) in [6.45, 7) is 6.67. The van der Waals surface area contributed by atoms with Crippen LogP contribution in [0, 0.1) is 12.3 Å². The SMILES string of the molecule is COc1cc(Cl)c(C)cc1NC1CCCC1(C)C. The summed E-state index contributed by atoms with van der Waals surface area (Å²) in [6, 6.07) is 4.48. The van der Waals surface area contributed by atoms with E-state index in [0.29, 0.717) is 11.5 Å². The van der Waals surface area contributed by atoms with Gasteiger partial charge >= 0.3 is 0 Å². The molecule has 1 aromatic rings. The molecular formula is C15H22ClNO. The fraction of sp³-hybridized carbons (Fsp3) is 0.600. The van der Waals surface area contributed by atoms with Crippen LogP contribution in [-0.4, -0.2) is 13.2 Å². The fourth-order valence-corrected chi connectivity index (χ4v) is 2.88. The van der Waals surface area contributed by atoms with Crippen molar-refractivity contribution in [1.82, 2.24) is 0 Å². The summed E-state index contributed by atoms with van der Waals surface area (Å²) in [5, 5.41) is 4.39. The third-order valence-electron chi connectivity index (χ3n) is 4.07. The van der Waals surface area contributed by atoms with Crippen LogP contribution >= 0.6 is 11.6 Å². The van der Waals surface area contributed by atoms with Gasteiger partial charge in [-0.05, 0) is 36.8 Å². The summed E-state index contributed by atoms with van der Waals surface area (Å²) in [4.78, 5) is 0. The highest BCUT2D eigenvalue weighted by Crippen LogP contribution is 2.41. The van der Waals surface area contributed by atoms with Crippen LogP contribution in [0.15, 0.2) is 12.1 Å².